The number of rotatable bonds is 8. The first-order valence-corrected chi connectivity index (χ1v) is 8.64. The molecule has 0 aliphatic carbocycles. The molecule has 0 spiro atoms. The Bertz CT molecular complexity index is 496. The van der Waals surface area contributed by atoms with Gasteiger partial charge in [-0.25, -0.2) is 0 Å². The second kappa shape index (κ2) is 8.06. The van der Waals surface area contributed by atoms with E-state index in [1.165, 1.54) is 7.11 Å². The van der Waals surface area contributed by atoms with Crippen molar-refractivity contribution in [2.24, 2.45) is 0 Å². The van der Waals surface area contributed by atoms with Crippen LogP contribution in [0, 0.1) is 11.3 Å². The predicted molar refractivity (Wildman–Crippen MR) is 79.3 cm³/mol. The van der Waals surface area contributed by atoms with Crippen LogP contribution >= 0.6 is 7.37 Å². The first-order valence-electron chi connectivity index (χ1n) is 6.39. The van der Waals surface area contributed by atoms with Crippen LogP contribution in [-0.4, -0.2) is 33.1 Å². The molecule has 0 fully saturated rings. The molecule has 0 heterocycles. The molecule has 0 aliphatic heterocycles. The van der Waals surface area contributed by atoms with Gasteiger partial charge in [0, 0.05) is 26.5 Å². The Hall–Kier alpha value is -1.34. The summed E-state index contributed by atoms with van der Waals surface area (Å²) in [6, 6.07) is 9.49. The maximum Gasteiger partial charge on any atom is 0.200 e. The van der Waals surface area contributed by atoms with E-state index in [-0.39, 0.29) is 6.04 Å². The van der Waals surface area contributed by atoms with Crippen LogP contribution in [0.1, 0.15) is 12.0 Å². The molecule has 0 saturated heterocycles. The highest BCUT2D eigenvalue weighted by molar-refractivity contribution is 7.58. The van der Waals surface area contributed by atoms with Gasteiger partial charge in [-0.2, -0.15) is 5.26 Å². The van der Waals surface area contributed by atoms with Crippen molar-refractivity contribution >= 4 is 7.37 Å². The minimum absolute atomic E-state index is 0.333. The molecule has 1 rings (SSSR count). The van der Waals surface area contributed by atoms with Crippen LogP contribution in [-0.2, 0) is 15.6 Å². The number of nitrogens with zero attached hydrogens (tertiary/aromatic N) is 1. The van der Waals surface area contributed by atoms with E-state index >= 15 is 0 Å². The molecule has 20 heavy (non-hydrogen) atoms. The third-order valence-corrected chi connectivity index (χ3v) is 4.92. The number of hydrogen-bond acceptors (Lipinski definition) is 5. The molecule has 0 aromatic heterocycles. The molecule has 2 unspecified atom stereocenters. The van der Waals surface area contributed by atoms with E-state index in [0.29, 0.717) is 19.1 Å². The molecule has 0 amide bonds. The Labute approximate surface area is 120 Å². The van der Waals surface area contributed by atoms with Gasteiger partial charge in [0.05, 0.1) is 19.2 Å². The van der Waals surface area contributed by atoms with Crippen LogP contribution in [0.4, 0.5) is 0 Å². The maximum absolute atomic E-state index is 11.8. The maximum atomic E-state index is 11.8. The van der Waals surface area contributed by atoms with Crippen LogP contribution in [0.25, 0.3) is 0 Å². The average molecular weight is 296 g/mol. The zero-order valence-corrected chi connectivity index (χ0v) is 13.0. The van der Waals surface area contributed by atoms with E-state index in [2.05, 4.69) is 11.4 Å². The Kier molecular flexibility index (Phi) is 6.74. The second-order valence-corrected chi connectivity index (χ2v) is 7.46. The van der Waals surface area contributed by atoms with E-state index in [0.717, 1.165) is 11.3 Å². The summed E-state index contributed by atoms with van der Waals surface area (Å²) < 4.78 is 21.8. The number of nitrogens with one attached hydrogen (secondary N) is 1. The molecule has 0 saturated carbocycles. The number of methoxy groups -OCH3 is 1. The van der Waals surface area contributed by atoms with Gasteiger partial charge in [-0.15, -0.1) is 0 Å². The van der Waals surface area contributed by atoms with Crippen molar-refractivity contribution in [2.45, 2.75) is 19.0 Å². The van der Waals surface area contributed by atoms with E-state index in [1.807, 2.05) is 24.3 Å². The van der Waals surface area contributed by atoms with Gasteiger partial charge in [-0.3, -0.25) is 9.88 Å². The summed E-state index contributed by atoms with van der Waals surface area (Å²) in [4.78, 5) is 0. The summed E-state index contributed by atoms with van der Waals surface area (Å²) in [5.41, 5.74) is 1.07. The summed E-state index contributed by atoms with van der Waals surface area (Å²) in [6.07, 6.45) is 0.908. The average Bonchev–Trinajstić information content (AvgIpc) is 2.48. The molecule has 1 N–H and O–H groups in total. The lowest BCUT2D eigenvalue weighted by Crippen LogP contribution is -2.28. The van der Waals surface area contributed by atoms with Gasteiger partial charge >= 0.3 is 0 Å². The smallest absolute Gasteiger partial charge is 0.200 e. The first-order chi connectivity index (χ1) is 9.50. The zero-order valence-electron chi connectivity index (χ0n) is 12.1. The molecular formula is C14H21N2O3P. The van der Waals surface area contributed by atoms with Gasteiger partial charge < -0.3 is 9.26 Å². The summed E-state index contributed by atoms with van der Waals surface area (Å²) in [5, 5.41) is 12.2. The number of hydrogen-bond donors (Lipinski definition) is 1. The Balaban J connectivity index is 2.45. The fourth-order valence-corrected chi connectivity index (χ4v) is 2.56. The van der Waals surface area contributed by atoms with Crippen molar-refractivity contribution in [3.8, 4) is 11.8 Å². The van der Waals surface area contributed by atoms with E-state index in [1.54, 1.807) is 13.8 Å². The largest absolute Gasteiger partial charge is 0.497 e. The van der Waals surface area contributed by atoms with Gasteiger partial charge in [-0.05, 0) is 24.1 Å². The molecule has 5 nitrogen and oxygen atoms in total. The summed E-state index contributed by atoms with van der Waals surface area (Å²) in [5.74, 6) is 0.803. The van der Waals surface area contributed by atoms with Gasteiger partial charge in [0.1, 0.15) is 5.75 Å². The predicted octanol–water partition coefficient (Wildman–Crippen LogP) is 2.62. The van der Waals surface area contributed by atoms with Crippen LogP contribution in [0.5, 0.6) is 5.75 Å². The first kappa shape index (κ1) is 16.7. The van der Waals surface area contributed by atoms with Gasteiger partial charge in [0.25, 0.3) is 0 Å². The molecule has 0 aliphatic rings. The minimum Gasteiger partial charge on any atom is -0.497 e. The normalized spacial score (nSPS) is 15.1. The highest BCUT2D eigenvalue weighted by atomic mass is 31.2. The number of benzene rings is 1. The Morgan fingerprint density at radius 3 is 2.50 bits per heavy atom. The Morgan fingerprint density at radius 1 is 1.35 bits per heavy atom. The SMILES string of the molecule is COc1ccc(CNC(C#N)CCP(C)(=O)OC)cc1. The van der Waals surface area contributed by atoms with Crippen molar-refractivity contribution in [1.82, 2.24) is 5.32 Å². The van der Waals surface area contributed by atoms with Crippen LogP contribution in [0.3, 0.4) is 0 Å². The van der Waals surface area contributed by atoms with E-state index in [9.17, 15) is 4.57 Å². The lowest BCUT2D eigenvalue weighted by Gasteiger charge is -2.15. The van der Waals surface area contributed by atoms with Crippen molar-refractivity contribution in [1.29, 1.82) is 5.26 Å². The highest BCUT2D eigenvalue weighted by Crippen LogP contribution is 2.41. The third-order valence-electron chi connectivity index (χ3n) is 3.08. The van der Waals surface area contributed by atoms with Crippen molar-refractivity contribution in [2.75, 3.05) is 27.0 Å². The minimum atomic E-state index is -2.55. The van der Waals surface area contributed by atoms with Crippen LogP contribution in [0.15, 0.2) is 24.3 Å². The monoisotopic (exact) mass is 296 g/mol. The molecule has 110 valence electrons. The lowest BCUT2D eigenvalue weighted by molar-refractivity contribution is 0.395. The second-order valence-electron chi connectivity index (χ2n) is 4.62. The molecule has 0 bridgehead atoms. The van der Waals surface area contributed by atoms with Crippen molar-refractivity contribution in [3.05, 3.63) is 29.8 Å². The quantitative estimate of drug-likeness (QED) is 0.747. The van der Waals surface area contributed by atoms with Crippen molar-refractivity contribution < 1.29 is 13.8 Å². The summed E-state index contributed by atoms with van der Waals surface area (Å²) in [7, 11) is 0.506. The lowest BCUT2D eigenvalue weighted by atomic mass is 10.2. The molecule has 6 heteroatoms. The van der Waals surface area contributed by atoms with E-state index in [4.69, 9.17) is 14.5 Å². The van der Waals surface area contributed by atoms with Crippen LogP contribution < -0.4 is 10.1 Å². The van der Waals surface area contributed by atoms with Crippen molar-refractivity contribution in [3.63, 3.8) is 0 Å². The van der Waals surface area contributed by atoms with Gasteiger partial charge in [0.15, 0.2) is 7.37 Å². The third kappa shape index (κ3) is 5.75. The summed E-state index contributed by atoms with van der Waals surface area (Å²) in [6.45, 7) is 2.17. The highest BCUT2D eigenvalue weighted by Gasteiger charge is 2.17. The topological polar surface area (TPSA) is 71.3 Å². The van der Waals surface area contributed by atoms with Gasteiger partial charge in [0.2, 0.25) is 0 Å². The van der Waals surface area contributed by atoms with E-state index < -0.39 is 7.37 Å². The molecule has 1 aromatic carbocycles. The fraction of sp³-hybridized carbons (Fsp3) is 0.500. The van der Waals surface area contributed by atoms with Gasteiger partial charge in [-0.1, -0.05) is 12.1 Å². The number of ether oxygens (including phenoxy) is 1. The fourth-order valence-electron chi connectivity index (χ4n) is 1.65. The molecule has 1 aromatic rings. The summed E-state index contributed by atoms with van der Waals surface area (Å²) >= 11 is 0. The number of nitriles is 1. The molecule has 2 atom stereocenters. The zero-order chi connectivity index (χ0) is 15.0. The standard InChI is InChI=1S/C14H21N2O3P/c1-18-14-6-4-12(5-7-14)11-16-13(10-15)8-9-20(3,17)19-2/h4-7,13,16H,8-9,11H2,1-3H3. The Morgan fingerprint density at radius 2 is 2.00 bits per heavy atom. The molecular weight excluding hydrogens is 275 g/mol. The van der Waals surface area contributed by atoms with Crippen LogP contribution in [0.2, 0.25) is 0 Å². The molecule has 0 radical (unpaired) electrons.